The van der Waals surface area contributed by atoms with Gasteiger partial charge in [-0.25, -0.2) is 9.59 Å². The van der Waals surface area contributed by atoms with E-state index >= 15 is 0 Å². The van der Waals surface area contributed by atoms with Gasteiger partial charge in [0.2, 0.25) is 0 Å². The van der Waals surface area contributed by atoms with Crippen molar-refractivity contribution in [2.75, 3.05) is 103 Å². The van der Waals surface area contributed by atoms with Crippen LogP contribution in [-0.4, -0.2) is 145 Å². The number of likely N-dealkylation sites (N-methyl/N-ethyl adjacent to an activating group) is 2. The van der Waals surface area contributed by atoms with Gasteiger partial charge in [-0.2, -0.15) is 0 Å². The minimum Gasteiger partial charge on any atom is -0.496 e. The predicted octanol–water partition coefficient (Wildman–Crippen LogP) is 4.66. The van der Waals surface area contributed by atoms with Crippen LogP contribution in [0, 0.1) is 11.8 Å². The number of ether oxygens (including phenoxy) is 9. The number of carbonyl (C=O) groups is 2. The zero-order valence-electron chi connectivity index (χ0n) is 42.5. The molecule has 0 saturated heterocycles. The molecule has 2 heterocycles. The average molecular weight is 987 g/mol. The summed E-state index contributed by atoms with van der Waals surface area (Å²) in [7, 11) is 15.2. The van der Waals surface area contributed by atoms with E-state index < -0.39 is 18.0 Å². The molecule has 0 saturated carbocycles. The number of rotatable bonds is 22. The van der Waals surface area contributed by atoms with Crippen molar-refractivity contribution in [2.45, 2.75) is 70.6 Å². The minimum atomic E-state index is -0.858. The molecule has 0 spiro atoms. The molecule has 0 amide bonds. The standard InChI is InChI=1S/C54H70N2O15/c1-55(18-14-35-27-44(63-3)45(64-4)29-41(35)43(55)23-34-22-39(31-58)52(67-7)46(24-34)65-5)16-10-20-70-48(61)12-13-49(62)71-21-11-17-56(2)19-15-36-25-38(30-57)42(33-60)54(69-9)50(36)51(56)37-26-40(32-59)53(68-8)47(28-37)66-6/h22,24-29,43,51,57-60H,10-11,14-21,23,30-33H2,1-9H3/q+2. The number of nitrogens with zero attached hydrogens (tertiary/aromatic N) is 2. The topological polar surface area (TPSA) is 198 Å². The van der Waals surface area contributed by atoms with E-state index in [9.17, 15) is 30.0 Å². The summed E-state index contributed by atoms with van der Waals surface area (Å²) >= 11 is 0. The van der Waals surface area contributed by atoms with E-state index in [1.165, 1.54) is 21.3 Å². The third-order valence-corrected chi connectivity index (χ3v) is 14.2. The summed E-state index contributed by atoms with van der Waals surface area (Å²) in [6, 6.07) is 13.2. The zero-order valence-corrected chi connectivity index (χ0v) is 42.5. The molecule has 4 aromatic rings. The van der Waals surface area contributed by atoms with Crippen molar-refractivity contribution in [3.05, 3.63) is 98.1 Å². The number of carbonyl (C=O) groups excluding carboxylic acids is 2. The molecule has 4 N–H and O–H groups in total. The Morgan fingerprint density at radius 2 is 1.08 bits per heavy atom. The largest absolute Gasteiger partial charge is 0.496 e. The lowest BCUT2D eigenvalue weighted by Gasteiger charge is -2.47. The molecule has 0 bridgehead atoms. The zero-order chi connectivity index (χ0) is 51.5. The Hall–Kier alpha value is -6.26. The van der Waals surface area contributed by atoms with E-state index in [0.29, 0.717) is 117 Å². The molecule has 71 heavy (non-hydrogen) atoms. The first-order valence-corrected chi connectivity index (χ1v) is 23.7. The minimum absolute atomic E-state index is 0.0242. The number of esters is 2. The molecule has 0 radical (unpaired) electrons. The Kier molecular flexibility index (Phi) is 18.5. The number of benzene rings is 4. The van der Waals surface area contributed by atoms with Crippen LogP contribution in [-0.2, 0) is 64.8 Å². The summed E-state index contributed by atoms with van der Waals surface area (Å²) in [6.45, 7) is 1.60. The Balaban J connectivity index is 1.11. The maximum atomic E-state index is 12.8. The smallest absolute Gasteiger partial charge is 0.384 e. The van der Waals surface area contributed by atoms with Crippen LogP contribution in [0.25, 0.3) is 0 Å². The van der Waals surface area contributed by atoms with Gasteiger partial charge in [0.25, 0.3) is 0 Å². The van der Waals surface area contributed by atoms with Crippen molar-refractivity contribution in [1.82, 2.24) is 0 Å². The Bertz CT molecular complexity index is 2560. The second-order valence-electron chi connectivity index (χ2n) is 18.3. The van der Waals surface area contributed by atoms with Crippen LogP contribution >= 0.6 is 0 Å². The summed E-state index contributed by atoms with van der Waals surface area (Å²) in [5, 5.41) is 41.3. The Morgan fingerprint density at radius 1 is 0.563 bits per heavy atom. The number of hydrogen-bond acceptors (Lipinski definition) is 15. The second kappa shape index (κ2) is 24.2. The van der Waals surface area contributed by atoms with Crippen molar-refractivity contribution >= 4 is 11.9 Å². The molecule has 0 aliphatic carbocycles. The number of methoxy groups -OCH3 is 7. The summed E-state index contributed by atoms with van der Waals surface area (Å²) in [4.78, 5) is 25.7. The summed E-state index contributed by atoms with van der Waals surface area (Å²) in [5.41, 5.74) is 8.04. The highest BCUT2D eigenvalue weighted by atomic mass is 16.5. The molecular formula is C54H70N2O15+2. The van der Waals surface area contributed by atoms with Crippen molar-refractivity contribution in [3.8, 4) is 52.1 Å². The molecule has 4 atom stereocenters. The maximum absolute atomic E-state index is 12.8. The lowest BCUT2D eigenvalue weighted by atomic mass is 9.82. The highest BCUT2D eigenvalue weighted by Crippen LogP contribution is 2.49. The molecule has 6 rings (SSSR count). The lowest BCUT2D eigenvalue weighted by Crippen LogP contribution is -2.52. The van der Waals surface area contributed by atoms with Crippen molar-refractivity contribution < 1.29 is 81.6 Å². The van der Waals surface area contributed by atoms with E-state index in [4.69, 9.17) is 42.6 Å². The summed E-state index contributed by atoms with van der Waals surface area (Å²) in [5.74, 6) is 6.49. The fourth-order valence-electron chi connectivity index (χ4n) is 10.7. The van der Waals surface area contributed by atoms with E-state index in [1.54, 1.807) is 28.4 Å². The van der Waals surface area contributed by atoms with E-state index in [0.717, 1.165) is 46.3 Å². The third-order valence-electron chi connectivity index (χ3n) is 14.2. The molecule has 2 aliphatic rings. The molecule has 4 aromatic carbocycles. The van der Waals surface area contributed by atoms with Gasteiger partial charge in [-0.15, -0.1) is 0 Å². The normalized spacial score (nSPS) is 19.0. The number of quaternary nitrogens is 2. The van der Waals surface area contributed by atoms with Crippen LogP contribution in [0.5, 0.6) is 40.2 Å². The van der Waals surface area contributed by atoms with Gasteiger partial charge in [-0.05, 0) is 58.7 Å². The van der Waals surface area contributed by atoms with Crippen LogP contribution in [0.1, 0.15) is 80.6 Å². The van der Waals surface area contributed by atoms with Gasteiger partial charge in [-0.3, -0.25) is 0 Å². The van der Waals surface area contributed by atoms with Crippen LogP contribution in [0.2, 0.25) is 0 Å². The van der Waals surface area contributed by atoms with Crippen LogP contribution in [0.4, 0.5) is 0 Å². The van der Waals surface area contributed by atoms with Crippen LogP contribution in [0.3, 0.4) is 0 Å². The van der Waals surface area contributed by atoms with Gasteiger partial charge in [0.1, 0.15) is 17.8 Å². The predicted molar refractivity (Wildman–Crippen MR) is 262 cm³/mol. The first-order chi connectivity index (χ1) is 34.2. The Morgan fingerprint density at radius 3 is 1.63 bits per heavy atom. The highest BCUT2D eigenvalue weighted by molar-refractivity contribution is 5.98. The van der Waals surface area contributed by atoms with Gasteiger partial charge in [0, 0.05) is 71.8 Å². The van der Waals surface area contributed by atoms with E-state index in [2.05, 4.69) is 25.9 Å². The number of hydrogen-bond donors (Lipinski definition) is 4. The van der Waals surface area contributed by atoms with Gasteiger partial charge in [-0.1, -0.05) is 6.07 Å². The highest BCUT2D eigenvalue weighted by Gasteiger charge is 2.44. The van der Waals surface area contributed by atoms with Gasteiger partial charge in [0.05, 0.1) is 135 Å². The molecule has 384 valence electrons. The number of aliphatic hydroxyl groups is 4. The van der Waals surface area contributed by atoms with Gasteiger partial charge in [0.15, 0.2) is 34.5 Å². The first-order valence-electron chi connectivity index (χ1n) is 23.7. The van der Waals surface area contributed by atoms with E-state index in [1.807, 2.05) is 42.5 Å². The van der Waals surface area contributed by atoms with Crippen molar-refractivity contribution in [3.63, 3.8) is 0 Å². The fourth-order valence-corrected chi connectivity index (χ4v) is 10.7. The van der Waals surface area contributed by atoms with Crippen LogP contribution in [0.15, 0.2) is 42.5 Å². The average Bonchev–Trinajstić information content (AvgIpc) is 3.39. The molecule has 2 aliphatic heterocycles. The second-order valence-corrected chi connectivity index (χ2v) is 18.3. The Labute approximate surface area is 416 Å². The summed E-state index contributed by atoms with van der Waals surface area (Å²) < 4.78 is 51.9. The first kappa shape index (κ1) is 54.1. The maximum Gasteiger partial charge on any atom is 0.384 e. The lowest BCUT2D eigenvalue weighted by molar-refractivity contribution is -0.941. The molecule has 17 nitrogen and oxygen atoms in total. The fraction of sp³-hybridized carbons (Fsp3) is 0.481. The van der Waals surface area contributed by atoms with Crippen molar-refractivity contribution in [2.24, 2.45) is 0 Å². The quantitative estimate of drug-likeness (QED) is 0.0279. The molecule has 0 fully saturated rings. The molecule has 17 heteroatoms. The SMILES string of the molecule is COc1cc2c(cc1OC)C(Cc1cc(CO)c(OC)c(OC)c1)[N+](C)(CCCOC(=O)C#CC(=O)OCCC[N+]1(C)CCc3cc(CO)c(CO)c(OC)c3C1c1cc(CO)c(OC)c(OC)c1)CC2. The monoisotopic (exact) mass is 986 g/mol. The number of aliphatic hydroxyl groups excluding tert-OH is 4. The van der Waals surface area contributed by atoms with E-state index in [-0.39, 0.29) is 45.7 Å². The third kappa shape index (κ3) is 11.6. The van der Waals surface area contributed by atoms with Crippen LogP contribution < -0.4 is 33.2 Å². The molecule has 4 unspecified atom stereocenters. The number of fused-ring (bicyclic) bond motifs is 2. The van der Waals surface area contributed by atoms with Gasteiger partial charge >= 0.3 is 11.9 Å². The summed E-state index contributed by atoms with van der Waals surface area (Å²) in [6.07, 6.45) is 2.97. The van der Waals surface area contributed by atoms with Gasteiger partial charge < -0.3 is 72.0 Å². The molecular weight excluding hydrogens is 917 g/mol. The van der Waals surface area contributed by atoms with Crippen molar-refractivity contribution in [1.29, 1.82) is 0 Å². The molecule has 0 aromatic heterocycles.